The number of fused-ring (bicyclic) bond motifs is 2. The van der Waals surface area contributed by atoms with Crippen LogP contribution in [0.2, 0.25) is 0 Å². The van der Waals surface area contributed by atoms with E-state index in [-0.39, 0.29) is 37.9 Å². The van der Waals surface area contributed by atoms with Gasteiger partial charge in [0.15, 0.2) is 0 Å². The summed E-state index contributed by atoms with van der Waals surface area (Å²) in [6.07, 6.45) is 6.60. The summed E-state index contributed by atoms with van der Waals surface area (Å²) in [6, 6.07) is 26.3. The number of nitrogens with zero attached hydrogens (tertiary/aromatic N) is 2. The molecule has 10 nitrogen and oxygen atoms in total. The molecule has 0 saturated carbocycles. The lowest BCUT2D eigenvalue weighted by molar-refractivity contribution is -0.160. The van der Waals surface area contributed by atoms with Crippen molar-refractivity contribution in [3.63, 3.8) is 0 Å². The van der Waals surface area contributed by atoms with E-state index in [4.69, 9.17) is 9.47 Å². The summed E-state index contributed by atoms with van der Waals surface area (Å²) >= 11 is 0. The first-order valence-electron chi connectivity index (χ1n) is 17.2. The van der Waals surface area contributed by atoms with E-state index in [1.807, 2.05) is 103 Å². The van der Waals surface area contributed by atoms with Gasteiger partial charge in [0.1, 0.15) is 23.7 Å². The summed E-state index contributed by atoms with van der Waals surface area (Å²) in [6.45, 7) is 0.122. The Hall–Kier alpha value is -5.06. The van der Waals surface area contributed by atoms with Crippen molar-refractivity contribution >= 4 is 23.7 Å². The molecule has 0 unspecified atom stereocenters. The number of ether oxygens (including phenoxy) is 2. The van der Waals surface area contributed by atoms with Gasteiger partial charge in [0.05, 0.1) is 31.2 Å². The molecule has 258 valence electrons. The van der Waals surface area contributed by atoms with Gasteiger partial charge in [-0.15, -0.1) is 0 Å². The first-order valence-corrected chi connectivity index (χ1v) is 17.2. The minimum absolute atomic E-state index is 0.0535. The van der Waals surface area contributed by atoms with Gasteiger partial charge in [-0.2, -0.15) is 0 Å². The number of aliphatic hydroxyl groups excluding tert-OH is 1. The Kier molecular flexibility index (Phi) is 9.65. The van der Waals surface area contributed by atoms with E-state index in [1.165, 1.54) is 4.90 Å². The molecule has 2 fully saturated rings. The molecule has 2 saturated heterocycles. The van der Waals surface area contributed by atoms with Gasteiger partial charge in [-0.25, -0.2) is 0 Å². The maximum atomic E-state index is 15.0. The smallest absolute Gasteiger partial charge is 0.313 e. The van der Waals surface area contributed by atoms with Gasteiger partial charge in [-0.1, -0.05) is 115 Å². The second-order valence-electron chi connectivity index (χ2n) is 13.3. The summed E-state index contributed by atoms with van der Waals surface area (Å²) in [5, 5.41) is 13.7. The van der Waals surface area contributed by atoms with Crippen LogP contribution in [0.4, 0.5) is 0 Å². The molecule has 0 aliphatic carbocycles. The monoisotopic (exact) mass is 675 g/mol. The van der Waals surface area contributed by atoms with Gasteiger partial charge in [-0.3, -0.25) is 19.2 Å². The lowest BCUT2D eigenvalue weighted by Gasteiger charge is -2.39. The predicted molar refractivity (Wildman–Crippen MR) is 184 cm³/mol. The van der Waals surface area contributed by atoms with Crippen LogP contribution in [0.1, 0.15) is 35.6 Å². The van der Waals surface area contributed by atoms with Crippen molar-refractivity contribution in [3.05, 3.63) is 132 Å². The number of rotatable bonds is 7. The zero-order valence-corrected chi connectivity index (χ0v) is 27.7. The van der Waals surface area contributed by atoms with Crippen LogP contribution in [0.3, 0.4) is 0 Å². The number of nitrogens with one attached hydrogen (secondary N) is 1. The minimum Gasteiger partial charge on any atom is -0.455 e. The molecule has 3 amide bonds. The topological polar surface area (TPSA) is 125 Å². The van der Waals surface area contributed by atoms with Gasteiger partial charge in [-0.05, 0) is 29.5 Å². The number of hydrogen-bond acceptors (Lipinski definition) is 7. The Labute approximate surface area is 291 Å². The zero-order valence-electron chi connectivity index (χ0n) is 27.7. The third-order valence-corrected chi connectivity index (χ3v) is 10.2. The molecular weight excluding hydrogens is 634 g/mol. The van der Waals surface area contributed by atoms with Crippen LogP contribution in [0.25, 0.3) is 0 Å². The van der Waals surface area contributed by atoms with Gasteiger partial charge in [0.25, 0.3) is 0 Å². The lowest BCUT2D eigenvalue weighted by Crippen LogP contribution is -2.58. The number of allylic oxidation sites excluding steroid dienone is 1. The molecule has 4 heterocycles. The molecule has 0 aromatic heterocycles. The third-order valence-electron chi connectivity index (χ3n) is 10.2. The fourth-order valence-electron chi connectivity index (χ4n) is 7.84. The van der Waals surface area contributed by atoms with E-state index in [0.29, 0.717) is 18.4 Å². The van der Waals surface area contributed by atoms with E-state index >= 15 is 4.79 Å². The molecule has 7 atom stereocenters. The molecule has 1 spiro atoms. The highest BCUT2D eigenvalue weighted by atomic mass is 16.6. The average Bonchev–Trinajstić information content (AvgIpc) is 3.79. The third kappa shape index (κ3) is 6.36. The highest BCUT2D eigenvalue weighted by Gasteiger charge is 2.74. The van der Waals surface area contributed by atoms with E-state index in [9.17, 15) is 19.5 Å². The molecule has 4 aliphatic rings. The predicted octanol–water partition coefficient (Wildman–Crippen LogP) is 3.52. The maximum absolute atomic E-state index is 15.0. The summed E-state index contributed by atoms with van der Waals surface area (Å²) in [4.78, 5) is 60.1. The van der Waals surface area contributed by atoms with Crippen LogP contribution in [-0.4, -0.2) is 82.1 Å². The van der Waals surface area contributed by atoms with E-state index in [1.54, 1.807) is 17.1 Å². The van der Waals surface area contributed by atoms with Gasteiger partial charge in [0, 0.05) is 19.5 Å². The number of benzene rings is 3. The number of aliphatic hydroxyl groups is 1. The zero-order chi connectivity index (χ0) is 34.7. The molecule has 3 aromatic carbocycles. The first kappa shape index (κ1) is 33.4. The Morgan fingerprint density at radius 1 is 0.860 bits per heavy atom. The van der Waals surface area contributed by atoms with E-state index < -0.39 is 60.2 Å². The molecule has 5 bridgehead atoms. The number of carbonyl (C=O) groups is 4. The maximum Gasteiger partial charge on any atom is 0.313 e. The highest BCUT2D eigenvalue weighted by Crippen LogP contribution is 2.56. The number of hydrogen-bond donors (Lipinski definition) is 2. The number of cyclic esters (lactones) is 1. The summed E-state index contributed by atoms with van der Waals surface area (Å²) in [5.41, 5.74) is 1.03. The Morgan fingerprint density at radius 3 is 2.24 bits per heavy atom. The molecule has 3 aromatic rings. The molecule has 0 radical (unpaired) electrons. The molecular formula is C40H41N3O7. The molecule has 4 aliphatic heterocycles. The standard InChI is InChI=1S/C40H41N3O7/c44-26-30(23-27-13-5-1-6-14-27)43-36-38(47)42(25-28-15-7-2-8-16-28)22-12-4-11-19-33(45)41-24-32(29-17-9-3-10-18-29)49-39(48)34-31-20-21-40(36,50-31)35(34)37(43)46/h1-10,12-18,20-21,30-32,34-36,44H,11,19,22-26H2,(H,41,45)/b12-4-/t30-,31+,32+,34-,35-,36+,40-/m1/s1. The van der Waals surface area contributed by atoms with Crippen LogP contribution in [-0.2, 0) is 41.6 Å². The number of amides is 3. The van der Waals surface area contributed by atoms with Gasteiger partial charge >= 0.3 is 5.97 Å². The van der Waals surface area contributed by atoms with Crippen LogP contribution in [0.5, 0.6) is 0 Å². The summed E-state index contributed by atoms with van der Waals surface area (Å²) in [7, 11) is 0. The second-order valence-corrected chi connectivity index (χ2v) is 13.3. The van der Waals surface area contributed by atoms with Crippen molar-refractivity contribution in [1.29, 1.82) is 0 Å². The van der Waals surface area contributed by atoms with Gasteiger partial charge in [0.2, 0.25) is 17.7 Å². The number of esters is 1. The SMILES string of the molecule is O=C1CC/C=C\CN(Cc2ccccc2)C(=O)[C@@H]2N([C@@H](CO)Cc3ccccc3)C(=O)[C@H]3[C@H](C(=O)O[C@H](c4ccccc4)CN1)[C@@H]1C=C[C@]23O1. The van der Waals surface area contributed by atoms with Crippen LogP contribution in [0.15, 0.2) is 115 Å². The van der Waals surface area contributed by atoms with Crippen LogP contribution < -0.4 is 5.32 Å². The second kappa shape index (κ2) is 14.4. The molecule has 50 heavy (non-hydrogen) atoms. The van der Waals surface area contributed by atoms with Crippen molar-refractivity contribution in [2.75, 3.05) is 19.7 Å². The normalized spacial score (nSPS) is 29.4. The average molecular weight is 676 g/mol. The van der Waals surface area contributed by atoms with Crippen molar-refractivity contribution < 1.29 is 33.8 Å². The van der Waals surface area contributed by atoms with E-state index in [0.717, 1.165) is 11.1 Å². The number of carbonyl (C=O) groups excluding carboxylic acids is 4. The lowest BCUT2D eigenvalue weighted by atomic mass is 9.74. The molecule has 2 N–H and O–H groups in total. The Bertz CT molecular complexity index is 1770. The number of likely N-dealkylation sites (tertiary alicyclic amines) is 1. The van der Waals surface area contributed by atoms with E-state index in [2.05, 4.69) is 5.32 Å². The van der Waals surface area contributed by atoms with Crippen molar-refractivity contribution in [3.8, 4) is 0 Å². The van der Waals surface area contributed by atoms with Crippen LogP contribution >= 0.6 is 0 Å². The quantitative estimate of drug-likeness (QED) is 0.290. The summed E-state index contributed by atoms with van der Waals surface area (Å²) in [5.74, 6) is -3.73. The molecule has 10 heteroatoms. The Morgan fingerprint density at radius 2 is 1.54 bits per heavy atom. The van der Waals surface area contributed by atoms with Crippen LogP contribution in [0, 0.1) is 11.8 Å². The fourth-order valence-corrected chi connectivity index (χ4v) is 7.84. The van der Waals surface area contributed by atoms with Gasteiger partial charge < -0.3 is 29.7 Å². The van der Waals surface area contributed by atoms with Crippen molar-refractivity contribution in [1.82, 2.24) is 15.1 Å². The Balaban J connectivity index is 1.31. The highest BCUT2D eigenvalue weighted by molar-refractivity contribution is 5.99. The first-order chi connectivity index (χ1) is 24.4. The fraction of sp³-hybridized carbons (Fsp3) is 0.350. The van der Waals surface area contributed by atoms with Crippen molar-refractivity contribution in [2.24, 2.45) is 11.8 Å². The molecule has 7 rings (SSSR count). The minimum atomic E-state index is -1.45. The summed E-state index contributed by atoms with van der Waals surface area (Å²) < 4.78 is 12.7. The largest absolute Gasteiger partial charge is 0.455 e. The van der Waals surface area contributed by atoms with Crippen molar-refractivity contribution in [2.45, 2.75) is 55.7 Å².